The van der Waals surface area contributed by atoms with Crippen molar-refractivity contribution in [3.63, 3.8) is 0 Å². The van der Waals surface area contributed by atoms with Crippen LogP contribution in [0.5, 0.6) is 5.75 Å². The Morgan fingerprint density at radius 2 is 1.76 bits per heavy atom. The molecule has 3 rings (SSSR count). The molecule has 0 radical (unpaired) electrons. The molecule has 0 spiro atoms. The Labute approximate surface area is 171 Å². The molecule has 0 bridgehead atoms. The maximum Gasteiger partial charge on any atom is 0.263 e. The van der Waals surface area contributed by atoms with E-state index < -0.39 is 5.91 Å². The summed E-state index contributed by atoms with van der Waals surface area (Å²) in [6.45, 7) is 2.60. The number of nitrogens with one attached hydrogen (secondary N) is 2. The Morgan fingerprint density at radius 3 is 2.41 bits per heavy atom. The highest BCUT2D eigenvalue weighted by atomic mass is 16.3. The van der Waals surface area contributed by atoms with Crippen molar-refractivity contribution in [3.05, 3.63) is 65.9 Å². The van der Waals surface area contributed by atoms with Crippen molar-refractivity contribution in [3.8, 4) is 11.8 Å². The van der Waals surface area contributed by atoms with Crippen LogP contribution in [0, 0.1) is 11.3 Å². The molecule has 1 amide bonds. The van der Waals surface area contributed by atoms with E-state index in [9.17, 15) is 15.2 Å². The Hall–Kier alpha value is -3.46. The monoisotopic (exact) mass is 390 g/mol. The van der Waals surface area contributed by atoms with E-state index in [1.54, 1.807) is 24.3 Å². The Morgan fingerprint density at radius 1 is 1.07 bits per heavy atom. The maximum absolute atomic E-state index is 12.2. The predicted molar refractivity (Wildman–Crippen MR) is 115 cm³/mol. The van der Waals surface area contributed by atoms with Crippen molar-refractivity contribution in [2.45, 2.75) is 25.7 Å². The minimum atomic E-state index is -0.413. The van der Waals surface area contributed by atoms with Gasteiger partial charge >= 0.3 is 0 Å². The number of phenolic OH excluding ortho intramolecular Hbond substituents is 1. The third kappa shape index (κ3) is 6.01. The first-order valence-corrected chi connectivity index (χ1v) is 9.93. The fraction of sp³-hybridized carbons (Fsp3) is 0.304. The molecule has 150 valence electrons. The average Bonchev–Trinajstić information content (AvgIpc) is 2.76. The molecule has 1 saturated heterocycles. The number of hydrogen-bond acceptors (Lipinski definition) is 5. The molecule has 0 aromatic heterocycles. The molecule has 0 atom stereocenters. The molecule has 0 unspecified atom stereocenters. The van der Waals surface area contributed by atoms with Crippen LogP contribution >= 0.6 is 0 Å². The molecule has 6 nitrogen and oxygen atoms in total. The molecule has 1 fully saturated rings. The maximum atomic E-state index is 12.2. The van der Waals surface area contributed by atoms with E-state index in [2.05, 4.69) is 27.7 Å². The molecular weight excluding hydrogens is 364 g/mol. The summed E-state index contributed by atoms with van der Waals surface area (Å²) in [5, 5.41) is 24.3. The van der Waals surface area contributed by atoms with Gasteiger partial charge in [0, 0.05) is 37.2 Å². The number of anilines is 2. The molecule has 3 N–H and O–H groups in total. The number of amides is 1. The summed E-state index contributed by atoms with van der Waals surface area (Å²) in [5.41, 5.74) is 3.05. The van der Waals surface area contributed by atoms with E-state index in [4.69, 9.17) is 0 Å². The lowest BCUT2D eigenvalue weighted by molar-refractivity contribution is -0.117. The minimum absolute atomic E-state index is 0.0239. The second-order valence-electron chi connectivity index (χ2n) is 7.08. The molecule has 1 heterocycles. The van der Waals surface area contributed by atoms with Gasteiger partial charge in [0.2, 0.25) is 0 Å². The van der Waals surface area contributed by atoms with Gasteiger partial charge in [-0.15, -0.1) is 0 Å². The quantitative estimate of drug-likeness (QED) is 0.497. The number of benzene rings is 2. The number of carbonyl (C=O) groups is 1. The van der Waals surface area contributed by atoms with E-state index in [-0.39, 0.29) is 11.3 Å². The summed E-state index contributed by atoms with van der Waals surface area (Å²) in [4.78, 5) is 14.6. The molecule has 2 aromatic rings. The number of nitrogens with zero attached hydrogens (tertiary/aromatic N) is 2. The van der Waals surface area contributed by atoms with E-state index >= 15 is 0 Å². The number of rotatable bonds is 7. The lowest BCUT2D eigenvalue weighted by Gasteiger charge is -2.28. The van der Waals surface area contributed by atoms with Crippen LogP contribution in [0.4, 0.5) is 11.4 Å². The number of phenols is 1. The van der Waals surface area contributed by atoms with Crippen LogP contribution in [0.3, 0.4) is 0 Å². The molecule has 0 saturated carbocycles. The molecule has 29 heavy (non-hydrogen) atoms. The zero-order valence-corrected chi connectivity index (χ0v) is 16.4. The van der Waals surface area contributed by atoms with Gasteiger partial charge in [-0.3, -0.25) is 4.79 Å². The van der Waals surface area contributed by atoms with Gasteiger partial charge in [0.1, 0.15) is 17.4 Å². The number of nitriles is 1. The smallest absolute Gasteiger partial charge is 0.263 e. The summed E-state index contributed by atoms with van der Waals surface area (Å²) in [5.74, 6) is -0.203. The van der Waals surface area contributed by atoms with E-state index in [0.717, 1.165) is 24.3 Å². The second-order valence-corrected chi connectivity index (χ2v) is 7.08. The van der Waals surface area contributed by atoms with Gasteiger partial charge in [0.15, 0.2) is 0 Å². The lowest BCUT2D eigenvalue weighted by Crippen LogP contribution is -2.29. The van der Waals surface area contributed by atoms with Crippen LogP contribution in [0.1, 0.15) is 24.8 Å². The van der Waals surface area contributed by atoms with Crippen LogP contribution in [-0.4, -0.2) is 30.6 Å². The van der Waals surface area contributed by atoms with Gasteiger partial charge in [-0.2, -0.15) is 5.26 Å². The van der Waals surface area contributed by atoms with Crippen LogP contribution in [-0.2, 0) is 11.2 Å². The minimum Gasteiger partial charge on any atom is -0.508 e. The summed E-state index contributed by atoms with van der Waals surface area (Å²) in [6.07, 6.45) is 5.82. The molecule has 1 aliphatic rings. The number of piperidine rings is 1. The number of aromatic hydroxyl groups is 1. The molecule has 0 aliphatic carbocycles. The van der Waals surface area contributed by atoms with Gasteiger partial charge in [0.05, 0.1) is 0 Å². The van der Waals surface area contributed by atoms with E-state index in [1.807, 2.05) is 18.2 Å². The average molecular weight is 390 g/mol. The van der Waals surface area contributed by atoms with Crippen molar-refractivity contribution in [1.29, 1.82) is 5.26 Å². The van der Waals surface area contributed by atoms with Crippen LogP contribution in [0.25, 0.3) is 0 Å². The summed E-state index contributed by atoms with van der Waals surface area (Å²) >= 11 is 0. The SMILES string of the molecule is N#C/C(=C/Nc1ccc(N2CCCCC2)cc1)C(=O)NCCc1ccc(O)cc1. The molecular formula is C23H26N4O2. The normalized spacial score (nSPS) is 14.2. The zero-order valence-electron chi connectivity index (χ0n) is 16.4. The van der Waals surface area contributed by atoms with Gasteiger partial charge in [-0.05, 0) is 67.6 Å². The highest BCUT2D eigenvalue weighted by Crippen LogP contribution is 2.21. The standard InChI is InChI=1S/C23H26N4O2/c24-16-19(23(29)25-13-12-18-4-10-22(28)11-5-18)17-26-20-6-8-21(9-7-20)27-14-2-1-3-15-27/h4-11,17,26,28H,1-3,12-15H2,(H,25,29)/b19-17-. The van der Waals surface area contributed by atoms with Crippen molar-refractivity contribution in [1.82, 2.24) is 5.32 Å². The van der Waals surface area contributed by atoms with Crippen LogP contribution in [0.2, 0.25) is 0 Å². The Kier molecular flexibility index (Phi) is 7.12. The van der Waals surface area contributed by atoms with Gasteiger partial charge < -0.3 is 20.6 Å². The van der Waals surface area contributed by atoms with Crippen LogP contribution < -0.4 is 15.5 Å². The first-order valence-electron chi connectivity index (χ1n) is 9.93. The topological polar surface area (TPSA) is 88.4 Å². The van der Waals surface area contributed by atoms with Crippen LogP contribution in [0.15, 0.2) is 60.3 Å². The molecule has 2 aromatic carbocycles. The van der Waals surface area contributed by atoms with Crippen molar-refractivity contribution in [2.24, 2.45) is 0 Å². The van der Waals surface area contributed by atoms with Gasteiger partial charge in [0.25, 0.3) is 5.91 Å². The molecule has 6 heteroatoms. The fourth-order valence-corrected chi connectivity index (χ4v) is 3.30. The summed E-state index contributed by atoms with van der Waals surface area (Å²) in [6, 6.07) is 16.8. The summed E-state index contributed by atoms with van der Waals surface area (Å²) in [7, 11) is 0. The van der Waals surface area contributed by atoms with Crippen molar-refractivity contribution >= 4 is 17.3 Å². The lowest BCUT2D eigenvalue weighted by atomic mass is 10.1. The fourth-order valence-electron chi connectivity index (χ4n) is 3.30. The zero-order chi connectivity index (χ0) is 20.5. The Bertz CT molecular complexity index is 877. The predicted octanol–water partition coefficient (Wildman–Crippen LogP) is 3.56. The first-order chi connectivity index (χ1) is 14.2. The third-order valence-electron chi connectivity index (χ3n) is 4.97. The van der Waals surface area contributed by atoms with Crippen molar-refractivity contribution < 1.29 is 9.90 Å². The Balaban J connectivity index is 1.50. The van der Waals surface area contributed by atoms with E-state index in [0.29, 0.717) is 13.0 Å². The summed E-state index contributed by atoms with van der Waals surface area (Å²) < 4.78 is 0. The number of carbonyl (C=O) groups excluding carboxylic acids is 1. The highest BCUT2D eigenvalue weighted by molar-refractivity contribution is 5.97. The largest absolute Gasteiger partial charge is 0.508 e. The van der Waals surface area contributed by atoms with E-state index in [1.165, 1.54) is 31.1 Å². The second kappa shape index (κ2) is 10.2. The van der Waals surface area contributed by atoms with Crippen molar-refractivity contribution in [2.75, 3.05) is 29.9 Å². The first kappa shape index (κ1) is 20.3. The molecule has 1 aliphatic heterocycles. The third-order valence-corrected chi connectivity index (χ3v) is 4.97. The number of hydrogen-bond donors (Lipinski definition) is 3. The van der Waals surface area contributed by atoms with Gasteiger partial charge in [-0.1, -0.05) is 12.1 Å². The highest BCUT2D eigenvalue weighted by Gasteiger charge is 2.11. The van der Waals surface area contributed by atoms with Gasteiger partial charge in [-0.25, -0.2) is 0 Å².